The molecular formula is C18H27NO. The van der Waals surface area contributed by atoms with Crippen LogP contribution in [-0.4, -0.2) is 5.91 Å². The summed E-state index contributed by atoms with van der Waals surface area (Å²) in [4.78, 5) is 11.7. The summed E-state index contributed by atoms with van der Waals surface area (Å²) in [5.74, 6) is 2.85. The molecule has 0 radical (unpaired) electrons. The van der Waals surface area contributed by atoms with E-state index in [9.17, 15) is 4.79 Å². The van der Waals surface area contributed by atoms with Crippen LogP contribution in [0.3, 0.4) is 0 Å². The van der Waals surface area contributed by atoms with E-state index < -0.39 is 0 Å². The van der Waals surface area contributed by atoms with Gasteiger partial charge >= 0.3 is 0 Å². The Balaban J connectivity index is 1.70. The number of carbonyl (C=O) groups is 1. The van der Waals surface area contributed by atoms with Crippen LogP contribution in [0, 0.1) is 28.6 Å². The van der Waals surface area contributed by atoms with Gasteiger partial charge in [-0.1, -0.05) is 26.3 Å². The van der Waals surface area contributed by atoms with Crippen LogP contribution >= 0.6 is 0 Å². The molecule has 2 heteroatoms. The Morgan fingerprint density at radius 1 is 1.15 bits per heavy atom. The molecule has 1 aliphatic heterocycles. The van der Waals surface area contributed by atoms with Gasteiger partial charge in [-0.3, -0.25) is 4.79 Å². The first kappa shape index (κ1) is 12.9. The maximum absolute atomic E-state index is 11.7. The third kappa shape index (κ3) is 1.60. The van der Waals surface area contributed by atoms with E-state index in [2.05, 4.69) is 25.2 Å². The highest BCUT2D eigenvalue weighted by molar-refractivity contribution is 5.79. The van der Waals surface area contributed by atoms with Gasteiger partial charge in [0.05, 0.1) is 0 Å². The monoisotopic (exact) mass is 273 g/mol. The molecule has 0 aromatic rings. The smallest absolute Gasteiger partial charge is 0.224 e. The molecular weight excluding hydrogens is 246 g/mol. The molecule has 4 rings (SSSR count). The van der Waals surface area contributed by atoms with E-state index in [-0.39, 0.29) is 11.3 Å². The van der Waals surface area contributed by atoms with Gasteiger partial charge in [0.15, 0.2) is 0 Å². The topological polar surface area (TPSA) is 29.1 Å². The van der Waals surface area contributed by atoms with Gasteiger partial charge in [-0.25, -0.2) is 0 Å². The van der Waals surface area contributed by atoms with Crippen molar-refractivity contribution in [3.05, 3.63) is 11.8 Å². The molecule has 1 amide bonds. The highest BCUT2D eigenvalue weighted by atomic mass is 16.1. The number of carbonyl (C=O) groups excluding carboxylic acids is 1. The highest BCUT2D eigenvalue weighted by Crippen LogP contribution is 2.63. The molecule has 0 bridgehead atoms. The van der Waals surface area contributed by atoms with Crippen molar-refractivity contribution in [2.75, 3.05) is 0 Å². The summed E-state index contributed by atoms with van der Waals surface area (Å²) in [7, 11) is 0. The van der Waals surface area contributed by atoms with Crippen LogP contribution in [0.15, 0.2) is 11.8 Å². The number of hydrogen-bond acceptors (Lipinski definition) is 1. The summed E-state index contributed by atoms with van der Waals surface area (Å²) in [5.41, 5.74) is 2.14. The molecule has 0 spiro atoms. The first-order valence-electron chi connectivity index (χ1n) is 8.53. The molecule has 110 valence electrons. The molecule has 2 nitrogen and oxygen atoms in total. The zero-order valence-electron chi connectivity index (χ0n) is 12.9. The Morgan fingerprint density at radius 3 is 2.85 bits per heavy atom. The largest absolute Gasteiger partial charge is 0.330 e. The summed E-state index contributed by atoms with van der Waals surface area (Å²) < 4.78 is 0. The Morgan fingerprint density at radius 2 is 2.00 bits per heavy atom. The fourth-order valence-corrected chi connectivity index (χ4v) is 6.19. The zero-order valence-corrected chi connectivity index (χ0v) is 12.9. The van der Waals surface area contributed by atoms with Crippen molar-refractivity contribution in [3.8, 4) is 0 Å². The standard InChI is InChI=1S/C18H27NO/c1-17-9-3-4-13(17)12-5-6-15-18(2,14(12)7-10-17)11-8-16(20)19-15/h6,12-14H,3-5,7-11H2,1-2H3,(H,19,20)/t12?,13?,14?,17-,18+/m0/s1. The second-order valence-electron chi connectivity index (χ2n) is 8.28. The Kier molecular flexibility index (Phi) is 2.66. The Hall–Kier alpha value is -0.790. The van der Waals surface area contributed by atoms with Crippen molar-refractivity contribution in [2.24, 2.45) is 28.6 Å². The average molecular weight is 273 g/mol. The maximum atomic E-state index is 11.7. The molecule has 20 heavy (non-hydrogen) atoms. The van der Waals surface area contributed by atoms with Crippen molar-refractivity contribution in [1.29, 1.82) is 0 Å². The second kappa shape index (κ2) is 4.11. The Labute approximate surface area is 122 Å². The van der Waals surface area contributed by atoms with E-state index in [1.807, 2.05) is 0 Å². The molecule has 0 aromatic heterocycles. The molecule has 3 unspecified atom stereocenters. The van der Waals surface area contributed by atoms with Crippen molar-refractivity contribution >= 4 is 5.91 Å². The molecule has 3 aliphatic carbocycles. The number of hydrogen-bond donors (Lipinski definition) is 1. The first-order chi connectivity index (χ1) is 9.53. The minimum atomic E-state index is 0.230. The number of allylic oxidation sites excluding steroid dienone is 2. The summed E-state index contributed by atoms with van der Waals surface area (Å²) in [5, 5.41) is 3.18. The zero-order chi connectivity index (χ0) is 14.0. The van der Waals surface area contributed by atoms with E-state index >= 15 is 0 Å². The number of piperidine rings is 1. The second-order valence-corrected chi connectivity index (χ2v) is 8.28. The van der Waals surface area contributed by atoms with E-state index in [4.69, 9.17) is 0 Å². The average Bonchev–Trinajstić information content (AvgIpc) is 2.81. The number of fused-ring (bicyclic) bond motifs is 5. The maximum Gasteiger partial charge on any atom is 0.224 e. The number of amides is 1. The SMILES string of the molecule is C[C@@]12CCCC1C1CC=C3NC(=O)CC[C@]3(C)C1CC2. The molecule has 4 aliphatic rings. The van der Waals surface area contributed by atoms with Gasteiger partial charge in [-0.2, -0.15) is 0 Å². The van der Waals surface area contributed by atoms with Crippen molar-refractivity contribution in [2.45, 2.75) is 65.2 Å². The van der Waals surface area contributed by atoms with Gasteiger partial charge < -0.3 is 5.32 Å². The predicted octanol–water partition coefficient (Wildman–Crippen LogP) is 4.02. The first-order valence-corrected chi connectivity index (χ1v) is 8.53. The predicted molar refractivity (Wildman–Crippen MR) is 79.8 cm³/mol. The van der Waals surface area contributed by atoms with Gasteiger partial charge in [0.1, 0.15) is 0 Å². The van der Waals surface area contributed by atoms with E-state index in [1.54, 1.807) is 0 Å². The van der Waals surface area contributed by atoms with Gasteiger partial charge in [-0.15, -0.1) is 0 Å². The fraction of sp³-hybridized carbons (Fsp3) is 0.833. The lowest BCUT2D eigenvalue weighted by molar-refractivity contribution is -0.124. The minimum absolute atomic E-state index is 0.230. The summed E-state index contributed by atoms with van der Waals surface area (Å²) in [6.45, 7) is 4.97. The number of nitrogens with one attached hydrogen (secondary N) is 1. The molecule has 3 fully saturated rings. The van der Waals surface area contributed by atoms with E-state index in [0.29, 0.717) is 5.41 Å². The van der Waals surface area contributed by atoms with Crippen LogP contribution in [0.2, 0.25) is 0 Å². The molecule has 1 saturated heterocycles. The highest BCUT2D eigenvalue weighted by Gasteiger charge is 2.55. The number of rotatable bonds is 0. The van der Waals surface area contributed by atoms with Crippen molar-refractivity contribution < 1.29 is 4.79 Å². The van der Waals surface area contributed by atoms with Crippen LogP contribution in [0.5, 0.6) is 0 Å². The Bertz CT molecular complexity index is 482. The molecule has 5 atom stereocenters. The lowest BCUT2D eigenvalue weighted by Crippen LogP contribution is -2.52. The lowest BCUT2D eigenvalue weighted by Gasteiger charge is -2.56. The van der Waals surface area contributed by atoms with Crippen LogP contribution in [0.25, 0.3) is 0 Å². The summed E-state index contributed by atoms with van der Waals surface area (Å²) in [6, 6.07) is 0. The third-order valence-electron chi connectivity index (χ3n) is 7.39. The van der Waals surface area contributed by atoms with Crippen LogP contribution < -0.4 is 5.32 Å². The van der Waals surface area contributed by atoms with E-state index in [0.717, 1.165) is 30.6 Å². The van der Waals surface area contributed by atoms with Gasteiger partial charge in [0.2, 0.25) is 5.91 Å². The van der Waals surface area contributed by atoms with Gasteiger partial charge in [0, 0.05) is 17.5 Å². The fourth-order valence-electron chi connectivity index (χ4n) is 6.19. The summed E-state index contributed by atoms with van der Waals surface area (Å²) in [6.07, 6.45) is 12.5. The van der Waals surface area contributed by atoms with Crippen LogP contribution in [-0.2, 0) is 4.79 Å². The quantitative estimate of drug-likeness (QED) is 0.709. The molecule has 0 aromatic carbocycles. The van der Waals surface area contributed by atoms with E-state index in [1.165, 1.54) is 44.2 Å². The summed E-state index contributed by atoms with van der Waals surface area (Å²) >= 11 is 0. The molecule has 2 saturated carbocycles. The minimum Gasteiger partial charge on any atom is -0.330 e. The van der Waals surface area contributed by atoms with Gasteiger partial charge in [0.25, 0.3) is 0 Å². The van der Waals surface area contributed by atoms with Crippen molar-refractivity contribution in [3.63, 3.8) is 0 Å². The normalized spacial score (nSPS) is 50.6. The van der Waals surface area contributed by atoms with Gasteiger partial charge in [-0.05, 0) is 61.7 Å². The molecule has 1 N–H and O–H groups in total. The lowest BCUT2D eigenvalue weighted by atomic mass is 9.50. The van der Waals surface area contributed by atoms with Crippen LogP contribution in [0.4, 0.5) is 0 Å². The third-order valence-corrected chi connectivity index (χ3v) is 7.39. The van der Waals surface area contributed by atoms with Crippen LogP contribution in [0.1, 0.15) is 65.2 Å². The van der Waals surface area contributed by atoms with Crippen molar-refractivity contribution in [1.82, 2.24) is 5.32 Å². The molecule has 1 heterocycles.